The van der Waals surface area contributed by atoms with E-state index < -0.39 is 6.03 Å². The van der Waals surface area contributed by atoms with Gasteiger partial charge in [-0.05, 0) is 30.3 Å². The van der Waals surface area contributed by atoms with Crippen molar-refractivity contribution in [3.63, 3.8) is 0 Å². The van der Waals surface area contributed by atoms with E-state index in [1.807, 2.05) is 6.07 Å². The number of amides is 3. The Morgan fingerprint density at radius 2 is 1.82 bits per heavy atom. The summed E-state index contributed by atoms with van der Waals surface area (Å²) in [6.45, 7) is 1.35. The van der Waals surface area contributed by atoms with E-state index in [0.29, 0.717) is 52.7 Å². The first-order valence-corrected chi connectivity index (χ1v) is 9.48. The molecule has 4 rings (SSSR count). The maximum absolute atomic E-state index is 12.4. The number of ether oxygens (including phenoxy) is 2. The van der Waals surface area contributed by atoms with Gasteiger partial charge in [0.25, 0.3) is 0 Å². The zero-order valence-corrected chi connectivity index (χ0v) is 16.2. The Hall–Kier alpha value is -2.64. The molecule has 0 aromatic heterocycles. The standard InChI is InChI=1S/C19H17Cl2N3O4/c20-14-3-1-11(7-15(14)21)22-19(26)23-12-8-18(25)24(10-12)13-2-4-16-17(9-13)28-6-5-27-16/h1-4,7,9,12H,5-6,8,10H2,(H2,22,23,26). The van der Waals surface area contributed by atoms with Crippen LogP contribution in [0.25, 0.3) is 0 Å². The third-order valence-electron chi connectivity index (χ3n) is 4.48. The van der Waals surface area contributed by atoms with Gasteiger partial charge < -0.3 is 25.0 Å². The second-order valence-corrected chi connectivity index (χ2v) is 7.28. The number of nitrogens with one attached hydrogen (secondary N) is 2. The van der Waals surface area contributed by atoms with E-state index in [9.17, 15) is 9.59 Å². The minimum Gasteiger partial charge on any atom is -0.486 e. The Morgan fingerprint density at radius 1 is 1.04 bits per heavy atom. The maximum atomic E-state index is 12.4. The van der Waals surface area contributed by atoms with Crippen molar-refractivity contribution in [1.29, 1.82) is 0 Å². The Morgan fingerprint density at radius 3 is 2.61 bits per heavy atom. The van der Waals surface area contributed by atoms with Gasteiger partial charge in [-0.3, -0.25) is 4.79 Å². The summed E-state index contributed by atoms with van der Waals surface area (Å²) in [5.74, 6) is 1.21. The van der Waals surface area contributed by atoms with Crippen LogP contribution in [0.1, 0.15) is 6.42 Å². The molecule has 1 fully saturated rings. The van der Waals surface area contributed by atoms with Crippen LogP contribution in [0.3, 0.4) is 0 Å². The van der Waals surface area contributed by atoms with E-state index in [-0.39, 0.29) is 18.4 Å². The lowest BCUT2D eigenvalue weighted by Gasteiger charge is -2.22. The molecule has 2 heterocycles. The lowest BCUT2D eigenvalue weighted by molar-refractivity contribution is -0.117. The molecule has 0 saturated carbocycles. The molecule has 2 N–H and O–H groups in total. The van der Waals surface area contributed by atoms with Gasteiger partial charge in [0.1, 0.15) is 13.2 Å². The summed E-state index contributed by atoms with van der Waals surface area (Å²) in [7, 11) is 0. The van der Waals surface area contributed by atoms with Gasteiger partial charge in [0.15, 0.2) is 11.5 Å². The predicted octanol–water partition coefficient (Wildman–Crippen LogP) is 3.69. The topological polar surface area (TPSA) is 79.9 Å². The van der Waals surface area contributed by atoms with Crippen molar-refractivity contribution >= 4 is 46.5 Å². The molecule has 7 nitrogen and oxygen atoms in total. The number of halogens is 2. The Labute approximate surface area is 171 Å². The highest BCUT2D eigenvalue weighted by Crippen LogP contribution is 2.35. The second-order valence-electron chi connectivity index (χ2n) is 6.46. The summed E-state index contributed by atoms with van der Waals surface area (Å²) in [5, 5.41) is 6.25. The zero-order valence-electron chi connectivity index (χ0n) is 14.7. The molecule has 2 aliphatic rings. The van der Waals surface area contributed by atoms with Gasteiger partial charge in [-0.15, -0.1) is 0 Å². The second kappa shape index (κ2) is 7.77. The van der Waals surface area contributed by atoms with E-state index in [0.717, 1.165) is 0 Å². The summed E-state index contributed by atoms with van der Waals surface area (Å²) >= 11 is 11.8. The number of urea groups is 1. The van der Waals surface area contributed by atoms with Crippen LogP contribution in [0, 0.1) is 0 Å². The Bertz CT molecular complexity index is 937. The van der Waals surface area contributed by atoms with E-state index in [1.165, 1.54) is 0 Å². The van der Waals surface area contributed by atoms with E-state index in [2.05, 4.69) is 10.6 Å². The number of anilines is 2. The molecular formula is C19H17Cl2N3O4. The molecule has 28 heavy (non-hydrogen) atoms. The van der Waals surface area contributed by atoms with Gasteiger partial charge in [0.05, 0.1) is 16.1 Å². The SMILES string of the molecule is O=C(Nc1ccc(Cl)c(Cl)c1)NC1CC(=O)N(c2ccc3c(c2)OCCO3)C1. The minimum absolute atomic E-state index is 0.0727. The van der Waals surface area contributed by atoms with Crippen LogP contribution in [0.5, 0.6) is 11.5 Å². The number of fused-ring (bicyclic) bond motifs is 1. The first-order chi connectivity index (χ1) is 13.5. The average molecular weight is 422 g/mol. The highest BCUT2D eigenvalue weighted by atomic mass is 35.5. The molecule has 2 aromatic carbocycles. The lowest BCUT2D eigenvalue weighted by atomic mass is 10.2. The monoisotopic (exact) mass is 421 g/mol. The number of hydrogen-bond donors (Lipinski definition) is 2. The molecule has 9 heteroatoms. The van der Waals surface area contributed by atoms with E-state index in [4.69, 9.17) is 32.7 Å². The molecule has 0 radical (unpaired) electrons. The van der Waals surface area contributed by atoms with Crippen LogP contribution < -0.4 is 25.0 Å². The van der Waals surface area contributed by atoms with Gasteiger partial charge >= 0.3 is 6.03 Å². The highest BCUT2D eigenvalue weighted by Gasteiger charge is 2.32. The van der Waals surface area contributed by atoms with Crippen molar-refractivity contribution in [3.8, 4) is 11.5 Å². The van der Waals surface area contributed by atoms with E-state index in [1.54, 1.807) is 35.2 Å². The summed E-state index contributed by atoms with van der Waals surface area (Å²) in [6.07, 6.45) is 0.212. The van der Waals surface area contributed by atoms with Crippen molar-refractivity contribution in [2.24, 2.45) is 0 Å². The summed E-state index contributed by atoms with van der Waals surface area (Å²) in [5.41, 5.74) is 1.23. The quantitative estimate of drug-likeness (QED) is 0.791. The number of nitrogens with zero attached hydrogens (tertiary/aromatic N) is 1. The summed E-state index contributed by atoms with van der Waals surface area (Å²) in [6, 6.07) is 9.45. The van der Waals surface area contributed by atoms with Gasteiger partial charge in [-0.25, -0.2) is 4.79 Å². The zero-order chi connectivity index (χ0) is 19.7. The molecule has 0 spiro atoms. The highest BCUT2D eigenvalue weighted by molar-refractivity contribution is 6.42. The van der Waals surface area contributed by atoms with E-state index >= 15 is 0 Å². The molecular weight excluding hydrogens is 405 g/mol. The van der Waals surface area contributed by atoms with Crippen LogP contribution in [0.2, 0.25) is 10.0 Å². The lowest BCUT2D eigenvalue weighted by Crippen LogP contribution is -2.39. The molecule has 1 saturated heterocycles. The van der Waals surface area contributed by atoms with Crippen molar-refractivity contribution in [3.05, 3.63) is 46.4 Å². The third kappa shape index (κ3) is 3.95. The van der Waals surface area contributed by atoms with Crippen LogP contribution in [-0.4, -0.2) is 37.7 Å². The molecule has 2 aromatic rings. The number of carbonyl (C=O) groups excluding carboxylic acids is 2. The third-order valence-corrected chi connectivity index (χ3v) is 5.21. The smallest absolute Gasteiger partial charge is 0.319 e. The van der Waals surface area contributed by atoms with Crippen LogP contribution in [0.15, 0.2) is 36.4 Å². The number of rotatable bonds is 3. The fraction of sp³-hybridized carbons (Fsp3) is 0.263. The fourth-order valence-corrected chi connectivity index (χ4v) is 3.48. The molecule has 146 valence electrons. The van der Waals surface area contributed by atoms with Gasteiger partial charge in [-0.1, -0.05) is 23.2 Å². The first-order valence-electron chi connectivity index (χ1n) is 8.72. The largest absolute Gasteiger partial charge is 0.486 e. The van der Waals surface area contributed by atoms with Crippen molar-refractivity contribution in [2.75, 3.05) is 30.0 Å². The van der Waals surface area contributed by atoms with Gasteiger partial charge in [-0.2, -0.15) is 0 Å². The van der Waals surface area contributed by atoms with Crippen LogP contribution in [0.4, 0.5) is 16.2 Å². The Kier molecular flexibility index (Phi) is 5.19. The number of hydrogen-bond acceptors (Lipinski definition) is 4. The maximum Gasteiger partial charge on any atom is 0.319 e. The van der Waals surface area contributed by atoms with Crippen molar-refractivity contribution in [1.82, 2.24) is 5.32 Å². The van der Waals surface area contributed by atoms with Crippen LogP contribution in [-0.2, 0) is 4.79 Å². The van der Waals surface area contributed by atoms with Crippen LogP contribution >= 0.6 is 23.2 Å². The predicted molar refractivity (Wildman–Crippen MR) is 107 cm³/mol. The minimum atomic E-state index is -0.416. The number of benzene rings is 2. The number of carbonyl (C=O) groups is 2. The molecule has 0 aliphatic carbocycles. The fourth-order valence-electron chi connectivity index (χ4n) is 3.18. The Balaban J connectivity index is 1.39. The molecule has 1 atom stereocenters. The average Bonchev–Trinajstić information content (AvgIpc) is 3.04. The van der Waals surface area contributed by atoms with Crippen molar-refractivity contribution in [2.45, 2.75) is 12.5 Å². The first kappa shape index (κ1) is 18.7. The summed E-state index contributed by atoms with van der Waals surface area (Å²) in [4.78, 5) is 26.3. The molecule has 3 amide bonds. The summed E-state index contributed by atoms with van der Waals surface area (Å²) < 4.78 is 11.1. The molecule has 2 aliphatic heterocycles. The van der Waals surface area contributed by atoms with Gasteiger partial charge in [0.2, 0.25) is 5.91 Å². The van der Waals surface area contributed by atoms with Gasteiger partial charge in [0, 0.05) is 30.4 Å². The molecule has 1 unspecified atom stereocenters. The van der Waals surface area contributed by atoms with Crippen molar-refractivity contribution < 1.29 is 19.1 Å². The normalized spacial score (nSPS) is 18.1. The molecule has 0 bridgehead atoms.